The second kappa shape index (κ2) is 8.63. The van der Waals surface area contributed by atoms with Gasteiger partial charge in [-0.1, -0.05) is 31.9 Å². The Morgan fingerprint density at radius 1 is 0.933 bits per heavy atom. The molecule has 0 atom stereocenters. The van der Waals surface area contributed by atoms with Gasteiger partial charge >= 0.3 is 0 Å². The van der Waals surface area contributed by atoms with Crippen molar-refractivity contribution in [1.82, 2.24) is 0 Å². The van der Waals surface area contributed by atoms with Crippen LogP contribution in [-0.4, -0.2) is 11.4 Å². The zero-order chi connectivity index (χ0) is 11.5. The van der Waals surface area contributed by atoms with E-state index < -0.39 is 0 Å². The fourth-order valence-corrected chi connectivity index (χ4v) is 0.760. The number of rotatable bonds is 6. The second-order valence-electron chi connectivity index (χ2n) is 2.59. The maximum absolute atomic E-state index is 4.17. The lowest BCUT2D eigenvalue weighted by molar-refractivity contribution is 1.52. The van der Waals surface area contributed by atoms with E-state index in [2.05, 4.69) is 29.7 Å². The van der Waals surface area contributed by atoms with Crippen LogP contribution in [0.2, 0.25) is 0 Å². The Kier molecular flexibility index (Phi) is 7.50. The van der Waals surface area contributed by atoms with Gasteiger partial charge in [0.15, 0.2) is 0 Å². The largest absolute Gasteiger partial charge is 0.259 e. The minimum absolute atomic E-state index is 0.738. The Hall–Kier alpha value is -1.96. The van der Waals surface area contributed by atoms with Crippen LogP contribution in [0, 0.1) is 0 Å². The van der Waals surface area contributed by atoms with Crippen molar-refractivity contribution >= 4 is 11.4 Å². The standard InChI is InChI=1S/C13H16N2/c1-5-8-10-14-12(4)13(7-3)15-11-9-6-2/h5-11H,1-3H2,4H3/b10-8-,11-9-,14-12+,15-13+. The molecule has 0 aliphatic carbocycles. The van der Waals surface area contributed by atoms with Crippen molar-refractivity contribution in [3.05, 3.63) is 62.5 Å². The van der Waals surface area contributed by atoms with E-state index in [9.17, 15) is 0 Å². The Morgan fingerprint density at radius 3 is 1.93 bits per heavy atom. The van der Waals surface area contributed by atoms with Gasteiger partial charge in [0.2, 0.25) is 0 Å². The van der Waals surface area contributed by atoms with Crippen LogP contribution in [0.3, 0.4) is 0 Å². The van der Waals surface area contributed by atoms with Crippen LogP contribution in [0.1, 0.15) is 6.92 Å². The van der Waals surface area contributed by atoms with Gasteiger partial charge in [-0.25, -0.2) is 0 Å². The monoisotopic (exact) mass is 200 g/mol. The van der Waals surface area contributed by atoms with Gasteiger partial charge in [-0.2, -0.15) is 0 Å². The SMILES string of the molecule is C=C\C=C/N=C(C)/C(C=C)=N/C=C\C=C. The van der Waals surface area contributed by atoms with Gasteiger partial charge < -0.3 is 0 Å². The number of hydrogen-bond donors (Lipinski definition) is 0. The van der Waals surface area contributed by atoms with Gasteiger partial charge in [0.25, 0.3) is 0 Å². The summed E-state index contributed by atoms with van der Waals surface area (Å²) >= 11 is 0. The van der Waals surface area contributed by atoms with E-state index in [-0.39, 0.29) is 0 Å². The van der Waals surface area contributed by atoms with Crippen LogP contribution < -0.4 is 0 Å². The predicted molar refractivity (Wildman–Crippen MR) is 69.4 cm³/mol. The van der Waals surface area contributed by atoms with Crippen molar-refractivity contribution in [1.29, 1.82) is 0 Å². The molecular weight excluding hydrogens is 184 g/mol. The normalized spacial score (nSPS) is 13.4. The third kappa shape index (κ3) is 6.16. The van der Waals surface area contributed by atoms with Crippen LogP contribution in [0.15, 0.2) is 72.5 Å². The molecule has 2 heteroatoms. The fraction of sp³-hybridized carbons (Fsp3) is 0.0769. The highest BCUT2D eigenvalue weighted by molar-refractivity contribution is 6.45. The molecule has 2 nitrogen and oxygen atoms in total. The summed E-state index contributed by atoms with van der Waals surface area (Å²) in [7, 11) is 0. The molecule has 0 spiro atoms. The lowest BCUT2D eigenvalue weighted by Gasteiger charge is -1.95. The predicted octanol–water partition coefficient (Wildman–Crippen LogP) is 3.47. The molecule has 0 aromatic heterocycles. The van der Waals surface area contributed by atoms with Crippen molar-refractivity contribution in [2.24, 2.45) is 9.98 Å². The molecule has 0 bridgehead atoms. The summed E-state index contributed by atoms with van der Waals surface area (Å²) in [5.41, 5.74) is 1.54. The van der Waals surface area contributed by atoms with Gasteiger partial charge in [0.05, 0.1) is 11.4 Å². The molecule has 0 unspecified atom stereocenters. The molecule has 78 valence electrons. The van der Waals surface area contributed by atoms with E-state index in [1.165, 1.54) is 0 Å². The van der Waals surface area contributed by atoms with Crippen LogP contribution in [0.5, 0.6) is 0 Å². The van der Waals surface area contributed by atoms with Crippen molar-refractivity contribution in [2.75, 3.05) is 0 Å². The molecular formula is C13H16N2. The highest BCUT2D eigenvalue weighted by Gasteiger charge is 1.94. The first-order valence-corrected chi connectivity index (χ1v) is 4.56. The van der Waals surface area contributed by atoms with Crippen molar-refractivity contribution < 1.29 is 0 Å². The Labute approximate surface area is 91.5 Å². The zero-order valence-corrected chi connectivity index (χ0v) is 9.06. The Morgan fingerprint density at radius 2 is 1.47 bits per heavy atom. The molecule has 0 saturated carbocycles. The summed E-state index contributed by atoms with van der Waals surface area (Å²) in [5, 5.41) is 0. The summed E-state index contributed by atoms with van der Waals surface area (Å²) in [5.74, 6) is 0. The highest BCUT2D eigenvalue weighted by atomic mass is 14.8. The first-order chi connectivity index (χ1) is 7.26. The number of nitrogens with zero attached hydrogens (tertiary/aromatic N) is 2. The first-order valence-electron chi connectivity index (χ1n) is 4.56. The van der Waals surface area contributed by atoms with Gasteiger partial charge in [-0.05, 0) is 25.2 Å². The molecule has 0 rings (SSSR count). The minimum atomic E-state index is 0.738. The van der Waals surface area contributed by atoms with E-state index in [0.717, 1.165) is 11.4 Å². The summed E-state index contributed by atoms with van der Waals surface area (Å²) in [6.07, 6.45) is 11.8. The van der Waals surface area contributed by atoms with E-state index in [0.29, 0.717) is 0 Å². The summed E-state index contributed by atoms with van der Waals surface area (Å²) in [4.78, 5) is 8.33. The van der Waals surface area contributed by atoms with E-state index in [4.69, 9.17) is 0 Å². The summed E-state index contributed by atoms with van der Waals surface area (Å²) in [6.45, 7) is 12.7. The number of allylic oxidation sites excluding steroid dienone is 5. The number of hydrogen-bond acceptors (Lipinski definition) is 2. The van der Waals surface area contributed by atoms with E-state index in [1.807, 2.05) is 6.92 Å². The summed E-state index contributed by atoms with van der Waals surface area (Å²) < 4.78 is 0. The van der Waals surface area contributed by atoms with Crippen LogP contribution in [0.25, 0.3) is 0 Å². The Bertz CT molecular complexity index is 342. The van der Waals surface area contributed by atoms with Gasteiger partial charge in [-0.3, -0.25) is 9.98 Å². The molecule has 15 heavy (non-hydrogen) atoms. The average Bonchev–Trinajstić information content (AvgIpc) is 2.24. The highest BCUT2D eigenvalue weighted by Crippen LogP contribution is 1.90. The van der Waals surface area contributed by atoms with Crippen LogP contribution >= 0.6 is 0 Å². The van der Waals surface area contributed by atoms with Crippen LogP contribution in [0.4, 0.5) is 0 Å². The minimum Gasteiger partial charge on any atom is -0.259 e. The topological polar surface area (TPSA) is 24.7 Å². The molecule has 0 heterocycles. The van der Waals surface area contributed by atoms with Crippen molar-refractivity contribution in [3.8, 4) is 0 Å². The Balaban J connectivity index is 4.73. The van der Waals surface area contributed by atoms with Gasteiger partial charge in [0, 0.05) is 12.4 Å². The fourth-order valence-electron chi connectivity index (χ4n) is 0.760. The quantitative estimate of drug-likeness (QED) is 0.463. The molecule has 0 aliphatic rings. The lowest BCUT2D eigenvalue weighted by atomic mass is 10.2. The van der Waals surface area contributed by atoms with Gasteiger partial charge in [0.1, 0.15) is 0 Å². The van der Waals surface area contributed by atoms with Gasteiger partial charge in [-0.15, -0.1) is 0 Å². The molecule has 0 aromatic carbocycles. The molecule has 0 aromatic rings. The lowest BCUT2D eigenvalue weighted by Crippen LogP contribution is -2.05. The maximum atomic E-state index is 4.17. The molecule has 0 saturated heterocycles. The molecule has 0 amide bonds. The smallest absolute Gasteiger partial charge is 0.0835 e. The molecule has 0 aliphatic heterocycles. The number of aliphatic imine (C=N–C) groups is 2. The van der Waals surface area contributed by atoms with Crippen molar-refractivity contribution in [2.45, 2.75) is 6.92 Å². The maximum Gasteiger partial charge on any atom is 0.0835 e. The second-order valence-corrected chi connectivity index (χ2v) is 2.59. The molecule has 0 fully saturated rings. The van der Waals surface area contributed by atoms with Crippen LogP contribution in [-0.2, 0) is 0 Å². The molecule has 0 radical (unpaired) electrons. The van der Waals surface area contributed by atoms with E-state index >= 15 is 0 Å². The van der Waals surface area contributed by atoms with Crippen molar-refractivity contribution in [3.63, 3.8) is 0 Å². The first kappa shape index (κ1) is 13.0. The third-order valence-electron chi connectivity index (χ3n) is 1.49. The molecule has 0 N–H and O–H groups in total. The zero-order valence-electron chi connectivity index (χ0n) is 9.06. The van der Waals surface area contributed by atoms with E-state index in [1.54, 1.807) is 42.8 Å². The summed E-state index contributed by atoms with van der Waals surface area (Å²) in [6, 6.07) is 0. The average molecular weight is 200 g/mol. The third-order valence-corrected chi connectivity index (χ3v) is 1.49.